The van der Waals surface area contributed by atoms with Gasteiger partial charge in [-0.2, -0.15) is 0 Å². The zero-order chi connectivity index (χ0) is 18.7. The molecular weight excluding hydrogens is 354 g/mol. The number of anilines is 2. The lowest BCUT2D eigenvalue weighted by Gasteiger charge is -2.44. The van der Waals surface area contributed by atoms with E-state index in [0.717, 1.165) is 12.2 Å². The lowest BCUT2D eigenvalue weighted by molar-refractivity contribution is -0.118. The van der Waals surface area contributed by atoms with Gasteiger partial charge in [0, 0.05) is 55.6 Å². The van der Waals surface area contributed by atoms with Crippen molar-refractivity contribution in [2.24, 2.45) is 5.73 Å². The van der Waals surface area contributed by atoms with Crippen LogP contribution in [0.5, 0.6) is 11.5 Å². The van der Waals surface area contributed by atoms with Gasteiger partial charge >= 0.3 is 0 Å². The number of amides is 1. The van der Waals surface area contributed by atoms with Crippen LogP contribution in [0.4, 0.5) is 11.4 Å². The molecule has 0 aromatic heterocycles. The van der Waals surface area contributed by atoms with E-state index in [1.165, 1.54) is 12.1 Å². The molecule has 7 heteroatoms. The fourth-order valence-electron chi connectivity index (χ4n) is 3.37. The summed E-state index contributed by atoms with van der Waals surface area (Å²) >= 11 is 5.84. The normalized spacial score (nSPS) is 17.3. The van der Waals surface area contributed by atoms with Crippen molar-refractivity contribution >= 4 is 28.9 Å². The van der Waals surface area contributed by atoms with Crippen LogP contribution in [0.2, 0.25) is 5.02 Å². The number of phenolic OH excluding ortho intramolecular Hbond substituents is 2. The molecule has 1 aliphatic heterocycles. The van der Waals surface area contributed by atoms with Gasteiger partial charge in [0.05, 0.1) is 0 Å². The number of carbonyl (C=O) groups excluding carboxylic acids is 1. The zero-order valence-corrected chi connectivity index (χ0v) is 15.1. The predicted octanol–water partition coefficient (Wildman–Crippen LogP) is 2.71. The van der Waals surface area contributed by atoms with Crippen LogP contribution in [0.25, 0.3) is 0 Å². The van der Waals surface area contributed by atoms with E-state index in [4.69, 9.17) is 17.3 Å². The summed E-state index contributed by atoms with van der Waals surface area (Å²) in [4.78, 5) is 15.6. The number of hydrogen-bond donors (Lipinski definition) is 3. The lowest BCUT2D eigenvalue weighted by atomic mass is 10.0. The molecule has 2 aromatic rings. The van der Waals surface area contributed by atoms with Gasteiger partial charge in [-0.25, -0.2) is 0 Å². The summed E-state index contributed by atoms with van der Waals surface area (Å²) in [5, 5.41) is 19.8. The Balaban J connectivity index is 1.85. The molecule has 1 amide bonds. The molecule has 0 bridgehead atoms. The Kier molecular flexibility index (Phi) is 5.42. The number of halogens is 1. The van der Waals surface area contributed by atoms with E-state index in [0.29, 0.717) is 25.2 Å². The van der Waals surface area contributed by atoms with Crippen molar-refractivity contribution in [3.05, 3.63) is 47.5 Å². The van der Waals surface area contributed by atoms with E-state index in [9.17, 15) is 15.0 Å². The molecule has 6 nitrogen and oxygen atoms in total. The van der Waals surface area contributed by atoms with Gasteiger partial charge in [0.25, 0.3) is 0 Å². The van der Waals surface area contributed by atoms with Crippen molar-refractivity contribution < 1.29 is 15.0 Å². The third kappa shape index (κ3) is 3.96. The highest BCUT2D eigenvalue weighted by molar-refractivity contribution is 6.33. The summed E-state index contributed by atoms with van der Waals surface area (Å²) in [6, 6.07) is 13.2. The topological polar surface area (TPSA) is 90.0 Å². The quantitative estimate of drug-likeness (QED) is 0.747. The van der Waals surface area contributed by atoms with Gasteiger partial charge in [0.2, 0.25) is 5.91 Å². The SMILES string of the molecule is NC(=O)CCC1CN(c2ccccc2)CCN1c1cc(O)c(Cl)c(O)c1. The Labute approximate surface area is 157 Å². The summed E-state index contributed by atoms with van der Waals surface area (Å²) in [6.45, 7) is 2.17. The second-order valence-electron chi connectivity index (χ2n) is 6.43. The maximum Gasteiger partial charge on any atom is 0.217 e. The number of para-hydroxylation sites is 1. The van der Waals surface area contributed by atoms with E-state index < -0.39 is 0 Å². The molecule has 0 spiro atoms. The molecule has 0 radical (unpaired) electrons. The minimum Gasteiger partial charge on any atom is -0.506 e. The predicted molar refractivity (Wildman–Crippen MR) is 103 cm³/mol. The number of rotatable bonds is 5. The first kappa shape index (κ1) is 18.2. The summed E-state index contributed by atoms with van der Waals surface area (Å²) in [5.41, 5.74) is 7.14. The molecule has 1 heterocycles. The lowest BCUT2D eigenvalue weighted by Crippen LogP contribution is -2.53. The van der Waals surface area contributed by atoms with Crippen molar-refractivity contribution in [3.8, 4) is 11.5 Å². The highest BCUT2D eigenvalue weighted by Crippen LogP contribution is 2.38. The van der Waals surface area contributed by atoms with Crippen LogP contribution in [0.3, 0.4) is 0 Å². The van der Waals surface area contributed by atoms with E-state index >= 15 is 0 Å². The number of hydrogen-bond acceptors (Lipinski definition) is 5. The minimum atomic E-state index is -0.344. The van der Waals surface area contributed by atoms with Gasteiger partial charge in [-0.15, -0.1) is 0 Å². The molecule has 2 aromatic carbocycles. The van der Waals surface area contributed by atoms with Gasteiger partial charge in [-0.1, -0.05) is 29.8 Å². The van der Waals surface area contributed by atoms with Crippen molar-refractivity contribution in [1.29, 1.82) is 0 Å². The van der Waals surface area contributed by atoms with E-state index in [-0.39, 0.29) is 34.9 Å². The monoisotopic (exact) mass is 375 g/mol. The van der Waals surface area contributed by atoms with Gasteiger partial charge < -0.3 is 25.7 Å². The maximum absolute atomic E-state index is 11.3. The van der Waals surface area contributed by atoms with Crippen molar-refractivity contribution in [3.63, 3.8) is 0 Å². The van der Waals surface area contributed by atoms with Crippen LogP contribution >= 0.6 is 11.6 Å². The fourth-order valence-corrected chi connectivity index (χ4v) is 3.48. The molecule has 1 fully saturated rings. The molecule has 1 saturated heterocycles. The van der Waals surface area contributed by atoms with Crippen LogP contribution in [0.1, 0.15) is 12.8 Å². The average molecular weight is 376 g/mol. The molecule has 0 aliphatic carbocycles. The summed E-state index contributed by atoms with van der Waals surface area (Å²) in [7, 11) is 0. The third-order valence-corrected chi connectivity index (χ3v) is 5.07. The highest BCUT2D eigenvalue weighted by Gasteiger charge is 2.28. The van der Waals surface area contributed by atoms with E-state index in [2.05, 4.69) is 21.9 Å². The Morgan fingerprint density at radius 3 is 2.38 bits per heavy atom. The Hall–Kier alpha value is -2.60. The maximum atomic E-state index is 11.3. The van der Waals surface area contributed by atoms with Crippen LogP contribution in [-0.4, -0.2) is 41.8 Å². The number of primary amides is 1. The minimum absolute atomic E-state index is 0.0106. The van der Waals surface area contributed by atoms with Gasteiger partial charge in [-0.3, -0.25) is 4.79 Å². The molecule has 1 aliphatic rings. The molecule has 138 valence electrons. The average Bonchev–Trinajstić information content (AvgIpc) is 2.64. The zero-order valence-electron chi connectivity index (χ0n) is 14.3. The Bertz CT molecular complexity index is 762. The molecule has 4 N–H and O–H groups in total. The molecule has 26 heavy (non-hydrogen) atoms. The van der Waals surface area contributed by atoms with Crippen molar-refractivity contribution in [1.82, 2.24) is 0 Å². The fraction of sp³-hybridized carbons (Fsp3) is 0.316. The molecule has 3 rings (SSSR count). The first-order chi connectivity index (χ1) is 12.5. The standard InChI is InChI=1S/C19H22ClN3O3/c20-19-16(24)10-15(11-17(19)25)23-9-8-22(13-4-2-1-3-5-13)12-14(23)6-7-18(21)26/h1-5,10-11,14,24-25H,6-9,12H2,(H2,21,26). The number of nitrogens with zero attached hydrogens (tertiary/aromatic N) is 2. The molecule has 1 unspecified atom stereocenters. The Morgan fingerprint density at radius 1 is 1.12 bits per heavy atom. The summed E-state index contributed by atoms with van der Waals surface area (Å²) in [6.07, 6.45) is 0.859. The number of aromatic hydroxyl groups is 2. The van der Waals surface area contributed by atoms with Gasteiger partial charge in [0.1, 0.15) is 16.5 Å². The number of piperazine rings is 1. The largest absolute Gasteiger partial charge is 0.506 e. The van der Waals surface area contributed by atoms with Crippen LogP contribution in [0.15, 0.2) is 42.5 Å². The van der Waals surface area contributed by atoms with E-state index in [1.807, 2.05) is 18.2 Å². The number of nitrogens with two attached hydrogens (primary N) is 1. The van der Waals surface area contributed by atoms with Gasteiger partial charge in [0.15, 0.2) is 0 Å². The molecular formula is C19H22ClN3O3. The smallest absolute Gasteiger partial charge is 0.217 e. The summed E-state index contributed by atoms with van der Waals surface area (Å²) in [5.74, 6) is -0.676. The van der Waals surface area contributed by atoms with Crippen molar-refractivity contribution in [2.45, 2.75) is 18.9 Å². The van der Waals surface area contributed by atoms with Crippen molar-refractivity contribution in [2.75, 3.05) is 29.4 Å². The Morgan fingerprint density at radius 2 is 1.77 bits per heavy atom. The van der Waals surface area contributed by atoms with Gasteiger partial charge in [-0.05, 0) is 18.6 Å². The second-order valence-corrected chi connectivity index (χ2v) is 6.81. The molecule has 1 atom stereocenters. The second kappa shape index (κ2) is 7.74. The first-order valence-electron chi connectivity index (χ1n) is 8.52. The number of benzene rings is 2. The third-order valence-electron chi connectivity index (χ3n) is 4.68. The van der Waals surface area contributed by atoms with Crippen LogP contribution in [0, 0.1) is 0 Å². The summed E-state index contributed by atoms with van der Waals surface area (Å²) < 4.78 is 0. The number of phenols is 2. The molecule has 0 saturated carbocycles. The van der Waals surface area contributed by atoms with Crippen LogP contribution in [-0.2, 0) is 4.79 Å². The first-order valence-corrected chi connectivity index (χ1v) is 8.90. The van der Waals surface area contributed by atoms with Crippen LogP contribution < -0.4 is 15.5 Å². The van der Waals surface area contributed by atoms with E-state index in [1.54, 1.807) is 0 Å². The number of carbonyl (C=O) groups is 1. The highest BCUT2D eigenvalue weighted by atomic mass is 35.5.